The van der Waals surface area contributed by atoms with Gasteiger partial charge in [0.25, 0.3) is 0 Å². The quantitative estimate of drug-likeness (QED) is 0.880. The van der Waals surface area contributed by atoms with Gasteiger partial charge in [-0.25, -0.2) is 13.1 Å². The number of halogens is 3. The highest BCUT2D eigenvalue weighted by Gasteiger charge is 2.40. The van der Waals surface area contributed by atoms with Crippen molar-refractivity contribution in [2.75, 3.05) is 6.54 Å². The van der Waals surface area contributed by atoms with Gasteiger partial charge in [-0.2, -0.15) is 18.4 Å². The molecule has 1 saturated carbocycles. The second-order valence-electron chi connectivity index (χ2n) is 6.65. The number of alkyl halides is 3. The molecule has 1 aliphatic heterocycles. The van der Waals surface area contributed by atoms with E-state index in [1.807, 2.05) is 6.92 Å². The van der Waals surface area contributed by atoms with Gasteiger partial charge in [0.05, 0.1) is 16.0 Å². The van der Waals surface area contributed by atoms with E-state index >= 15 is 0 Å². The zero-order valence-corrected chi connectivity index (χ0v) is 14.4. The van der Waals surface area contributed by atoms with Crippen LogP contribution in [0, 0.1) is 11.3 Å². The molecule has 136 valence electrons. The Hall–Kier alpha value is -1.63. The number of nitrogens with zero attached hydrogens (tertiary/aromatic N) is 2. The van der Waals surface area contributed by atoms with E-state index in [9.17, 15) is 21.6 Å². The standard InChI is InChI=1S/C16H18F3N3O2S/c1-10-6-13(9-22(10)14-3-4-14)21-25(23,24)15-5-2-12(16(17,18)19)7-11(15)8-20/h2,5,7,10,13-14,21H,3-4,6,9H2,1H3. The molecule has 2 aliphatic rings. The van der Waals surface area contributed by atoms with E-state index in [0.29, 0.717) is 31.1 Å². The first-order chi connectivity index (χ1) is 11.6. The molecule has 0 bridgehead atoms. The van der Waals surface area contributed by atoms with Crippen molar-refractivity contribution in [3.8, 4) is 6.07 Å². The summed E-state index contributed by atoms with van der Waals surface area (Å²) < 4.78 is 65.9. The predicted molar refractivity (Wildman–Crippen MR) is 84.1 cm³/mol. The van der Waals surface area contributed by atoms with E-state index < -0.39 is 32.2 Å². The Morgan fingerprint density at radius 2 is 2.00 bits per heavy atom. The number of benzene rings is 1. The molecule has 2 unspecified atom stereocenters. The predicted octanol–water partition coefficient (Wildman–Crippen LogP) is 2.48. The van der Waals surface area contributed by atoms with Crippen LogP contribution in [0.2, 0.25) is 0 Å². The molecule has 1 saturated heterocycles. The van der Waals surface area contributed by atoms with E-state index in [1.54, 1.807) is 6.07 Å². The molecule has 1 N–H and O–H groups in total. The third-order valence-corrected chi connectivity index (χ3v) is 6.26. The smallest absolute Gasteiger partial charge is 0.296 e. The Labute approximate surface area is 144 Å². The monoisotopic (exact) mass is 373 g/mol. The van der Waals surface area contributed by atoms with Crippen molar-refractivity contribution in [1.29, 1.82) is 5.26 Å². The minimum atomic E-state index is -4.63. The lowest BCUT2D eigenvalue weighted by atomic mass is 10.1. The molecular formula is C16H18F3N3O2S. The molecule has 1 heterocycles. The number of likely N-dealkylation sites (tertiary alicyclic amines) is 1. The van der Waals surface area contributed by atoms with E-state index in [4.69, 9.17) is 5.26 Å². The average molecular weight is 373 g/mol. The highest BCUT2D eigenvalue weighted by molar-refractivity contribution is 7.89. The van der Waals surface area contributed by atoms with Crippen LogP contribution in [0.4, 0.5) is 13.2 Å². The summed E-state index contributed by atoms with van der Waals surface area (Å²) in [6.07, 6.45) is -1.77. The summed E-state index contributed by atoms with van der Waals surface area (Å²) >= 11 is 0. The maximum Gasteiger partial charge on any atom is 0.416 e. The lowest BCUT2D eigenvalue weighted by Crippen LogP contribution is -2.38. The average Bonchev–Trinajstić information content (AvgIpc) is 3.29. The highest BCUT2D eigenvalue weighted by Crippen LogP contribution is 2.34. The van der Waals surface area contributed by atoms with Crippen molar-refractivity contribution in [3.05, 3.63) is 29.3 Å². The summed E-state index contributed by atoms with van der Waals surface area (Å²) in [7, 11) is -4.07. The third-order valence-electron chi connectivity index (χ3n) is 4.68. The number of hydrogen-bond acceptors (Lipinski definition) is 4. The molecule has 0 radical (unpaired) electrons. The van der Waals surface area contributed by atoms with E-state index in [0.717, 1.165) is 18.9 Å². The van der Waals surface area contributed by atoms with Gasteiger partial charge in [0.15, 0.2) is 0 Å². The van der Waals surface area contributed by atoms with Gasteiger partial charge in [0.2, 0.25) is 10.0 Å². The molecule has 1 aromatic carbocycles. The van der Waals surface area contributed by atoms with Crippen LogP contribution in [0.3, 0.4) is 0 Å². The highest BCUT2D eigenvalue weighted by atomic mass is 32.2. The summed E-state index contributed by atoms with van der Waals surface area (Å²) in [5.74, 6) is 0. The van der Waals surface area contributed by atoms with Gasteiger partial charge in [0, 0.05) is 24.7 Å². The second-order valence-corrected chi connectivity index (χ2v) is 8.33. The fourth-order valence-electron chi connectivity index (χ4n) is 3.37. The lowest BCUT2D eigenvalue weighted by Gasteiger charge is -2.19. The Bertz CT molecular complexity index is 813. The van der Waals surface area contributed by atoms with Gasteiger partial charge in [0.1, 0.15) is 6.07 Å². The first-order valence-corrected chi connectivity index (χ1v) is 9.49. The van der Waals surface area contributed by atoms with Crippen LogP contribution in [0.5, 0.6) is 0 Å². The Kier molecular flexibility index (Phi) is 4.56. The number of nitriles is 1. The van der Waals surface area contributed by atoms with Gasteiger partial charge < -0.3 is 0 Å². The maximum absolute atomic E-state index is 12.7. The number of sulfonamides is 1. The van der Waals surface area contributed by atoms with Crippen LogP contribution in [0.15, 0.2) is 23.1 Å². The van der Waals surface area contributed by atoms with Crippen LogP contribution in [-0.4, -0.2) is 38.0 Å². The van der Waals surface area contributed by atoms with Gasteiger partial charge in [-0.1, -0.05) is 0 Å². The molecule has 0 spiro atoms. The molecule has 25 heavy (non-hydrogen) atoms. The molecular weight excluding hydrogens is 355 g/mol. The zero-order chi connectivity index (χ0) is 18.4. The van der Waals surface area contributed by atoms with E-state index in [-0.39, 0.29) is 12.1 Å². The molecule has 2 fully saturated rings. The van der Waals surface area contributed by atoms with Crippen molar-refractivity contribution in [1.82, 2.24) is 9.62 Å². The summed E-state index contributed by atoms with van der Waals surface area (Å²) in [4.78, 5) is 1.84. The summed E-state index contributed by atoms with van der Waals surface area (Å²) in [5.41, 5.74) is -1.55. The first-order valence-electron chi connectivity index (χ1n) is 8.01. The van der Waals surface area contributed by atoms with Gasteiger partial charge in [-0.05, 0) is 44.4 Å². The minimum absolute atomic E-state index is 0.253. The van der Waals surface area contributed by atoms with Crippen molar-refractivity contribution < 1.29 is 21.6 Å². The van der Waals surface area contributed by atoms with Gasteiger partial charge in [-0.3, -0.25) is 4.90 Å². The van der Waals surface area contributed by atoms with Gasteiger partial charge in [-0.15, -0.1) is 0 Å². The van der Waals surface area contributed by atoms with Crippen LogP contribution in [-0.2, 0) is 16.2 Å². The van der Waals surface area contributed by atoms with Crippen LogP contribution >= 0.6 is 0 Å². The fraction of sp³-hybridized carbons (Fsp3) is 0.562. The van der Waals surface area contributed by atoms with Crippen LogP contribution in [0.25, 0.3) is 0 Å². The second kappa shape index (κ2) is 6.27. The van der Waals surface area contributed by atoms with E-state index in [2.05, 4.69) is 9.62 Å². The van der Waals surface area contributed by atoms with Crippen molar-refractivity contribution in [3.63, 3.8) is 0 Å². The largest absolute Gasteiger partial charge is 0.416 e. The van der Waals surface area contributed by atoms with Crippen molar-refractivity contribution >= 4 is 10.0 Å². The van der Waals surface area contributed by atoms with Gasteiger partial charge >= 0.3 is 6.18 Å². The summed E-state index contributed by atoms with van der Waals surface area (Å²) in [6.45, 7) is 2.61. The Morgan fingerprint density at radius 3 is 2.56 bits per heavy atom. The zero-order valence-electron chi connectivity index (χ0n) is 13.5. The third kappa shape index (κ3) is 3.81. The molecule has 1 aromatic rings. The topological polar surface area (TPSA) is 73.2 Å². The molecule has 2 atom stereocenters. The molecule has 1 aliphatic carbocycles. The van der Waals surface area contributed by atoms with Crippen molar-refractivity contribution in [2.24, 2.45) is 0 Å². The first kappa shape index (κ1) is 18.2. The SMILES string of the molecule is CC1CC(NS(=O)(=O)c2ccc(C(F)(F)F)cc2C#N)CN1C1CC1. The lowest BCUT2D eigenvalue weighted by molar-refractivity contribution is -0.137. The Morgan fingerprint density at radius 1 is 1.32 bits per heavy atom. The van der Waals surface area contributed by atoms with E-state index in [1.165, 1.54) is 0 Å². The van der Waals surface area contributed by atoms with Crippen LogP contribution < -0.4 is 4.72 Å². The Balaban J connectivity index is 1.82. The normalized spacial score (nSPS) is 25.1. The molecule has 5 nitrogen and oxygen atoms in total. The molecule has 3 rings (SSSR count). The van der Waals surface area contributed by atoms with Crippen molar-refractivity contribution in [2.45, 2.75) is 55.4 Å². The maximum atomic E-state index is 12.7. The molecule has 9 heteroatoms. The fourth-order valence-corrected chi connectivity index (χ4v) is 4.75. The number of rotatable bonds is 4. The number of nitrogens with one attached hydrogen (secondary N) is 1. The summed E-state index contributed by atoms with van der Waals surface area (Å²) in [5, 5.41) is 9.08. The minimum Gasteiger partial charge on any atom is -0.296 e. The molecule has 0 amide bonds. The number of hydrogen-bond donors (Lipinski definition) is 1. The summed E-state index contributed by atoms with van der Waals surface area (Å²) in [6, 6.07) is 4.11. The molecule has 0 aromatic heterocycles. The van der Waals surface area contributed by atoms with Crippen LogP contribution in [0.1, 0.15) is 37.3 Å².